The Labute approximate surface area is 106 Å². The van der Waals surface area contributed by atoms with Gasteiger partial charge in [-0.2, -0.15) is 0 Å². The summed E-state index contributed by atoms with van der Waals surface area (Å²) in [5.41, 5.74) is 2.70. The van der Waals surface area contributed by atoms with E-state index in [1.54, 1.807) is 0 Å². The molecule has 2 aromatic rings. The second kappa shape index (κ2) is 5.36. The Hall–Kier alpha value is -2.29. The maximum Gasteiger partial charge on any atom is 0.506 e. The lowest BCUT2D eigenvalue weighted by Gasteiger charge is -2.18. The fourth-order valence-electron chi connectivity index (χ4n) is 1.92. The van der Waals surface area contributed by atoms with Gasteiger partial charge in [0.25, 0.3) is 0 Å². The Morgan fingerprint density at radius 3 is 2.28 bits per heavy atom. The fourth-order valence-corrected chi connectivity index (χ4v) is 1.92. The second-order valence-corrected chi connectivity index (χ2v) is 4.03. The van der Waals surface area contributed by atoms with Crippen molar-refractivity contribution in [3.05, 3.63) is 71.3 Å². The Bertz CT molecular complexity index is 534. The first-order valence-corrected chi connectivity index (χ1v) is 5.68. The molecule has 2 rings (SSSR count). The lowest BCUT2D eigenvalue weighted by Crippen LogP contribution is -2.11. The van der Waals surface area contributed by atoms with E-state index in [4.69, 9.17) is 9.84 Å². The lowest BCUT2D eigenvalue weighted by molar-refractivity contribution is 0.0661. The van der Waals surface area contributed by atoms with Crippen LogP contribution in [0.2, 0.25) is 0 Å². The van der Waals surface area contributed by atoms with Gasteiger partial charge in [0, 0.05) is 5.56 Å². The third kappa shape index (κ3) is 2.69. The number of hydrogen-bond acceptors (Lipinski definition) is 2. The zero-order valence-corrected chi connectivity index (χ0v) is 10.0. The highest BCUT2D eigenvalue weighted by atomic mass is 16.7. The predicted octanol–water partition coefficient (Wildman–Crippen LogP) is 3.78. The molecular weight excluding hydrogens is 228 g/mol. The molecule has 0 aliphatic rings. The molecule has 0 bridgehead atoms. The zero-order valence-electron chi connectivity index (χ0n) is 10.0. The highest BCUT2D eigenvalue weighted by Crippen LogP contribution is 2.28. The Morgan fingerprint density at radius 2 is 1.67 bits per heavy atom. The topological polar surface area (TPSA) is 46.5 Å². The van der Waals surface area contributed by atoms with Gasteiger partial charge in [-0.3, -0.25) is 0 Å². The molecule has 92 valence electrons. The molecule has 0 aliphatic heterocycles. The van der Waals surface area contributed by atoms with E-state index in [0.717, 1.165) is 16.7 Å². The van der Waals surface area contributed by atoms with Crippen molar-refractivity contribution in [2.24, 2.45) is 0 Å². The third-order valence-corrected chi connectivity index (χ3v) is 2.79. The van der Waals surface area contributed by atoms with Crippen LogP contribution in [-0.4, -0.2) is 11.3 Å². The molecule has 3 nitrogen and oxygen atoms in total. The Kier molecular flexibility index (Phi) is 3.63. The lowest BCUT2D eigenvalue weighted by atomic mass is 9.97. The number of hydrogen-bond donors (Lipinski definition) is 1. The van der Waals surface area contributed by atoms with Crippen LogP contribution in [0.25, 0.3) is 0 Å². The molecular formula is C15H14O3. The van der Waals surface area contributed by atoms with Gasteiger partial charge < -0.3 is 9.84 Å². The van der Waals surface area contributed by atoms with Gasteiger partial charge in [-0.05, 0) is 18.1 Å². The van der Waals surface area contributed by atoms with Gasteiger partial charge in [0.2, 0.25) is 0 Å². The number of carboxylic acid groups (broad SMARTS) is 1. The smallest absolute Gasteiger partial charge is 0.450 e. The summed E-state index contributed by atoms with van der Waals surface area (Å²) in [5, 5.41) is 8.88. The molecule has 0 saturated carbocycles. The Balaban J connectivity index is 2.44. The molecule has 0 heterocycles. The monoisotopic (exact) mass is 242 g/mol. The minimum Gasteiger partial charge on any atom is -0.450 e. The van der Waals surface area contributed by atoms with Gasteiger partial charge in [0.1, 0.15) is 0 Å². The summed E-state index contributed by atoms with van der Waals surface area (Å²) >= 11 is 0. The largest absolute Gasteiger partial charge is 0.506 e. The van der Waals surface area contributed by atoms with Crippen molar-refractivity contribution in [2.45, 2.75) is 13.0 Å². The highest BCUT2D eigenvalue weighted by Gasteiger charge is 2.19. The standard InChI is InChI=1S/C15H14O3/c1-11-7-5-6-10-13(11)14(18-15(16)17)12-8-3-2-4-9-12/h2-10,14H,1H3,(H,16,17). The Morgan fingerprint density at radius 1 is 1.06 bits per heavy atom. The highest BCUT2D eigenvalue weighted by molar-refractivity contribution is 5.58. The normalized spacial score (nSPS) is 11.8. The van der Waals surface area contributed by atoms with Gasteiger partial charge in [-0.25, -0.2) is 4.79 Å². The average Bonchev–Trinajstić information content (AvgIpc) is 2.38. The summed E-state index contributed by atoms with van der Waals surface area (Å²) in [4.78, 5) is 10.8. The molecule has 1 unspecified atom stereocenters. The van der Waals surface area contributed by atoms with Crippen LogP contribution in [0, 0.1) is 6.92 Å². The molecule has 1 atom stereocenters. The summed E-state index contributed by atoms with van der Waals surface area (Å²) in [6.45, 7) is 1.94. The van der Waals surface area contributed by atoms with E-state index in [9.17, 15) is 4.79 Å². The van der Waals surface area contributed by atoms with E-state index >= 15 is 0 Å². The van der Waals surface area contributed by atoms with E-state index in [1.165, 1.54) is 0 Å². The third-order valence-electron chi connectivity index (χ3n) is 2.79. The van der Waals surface area contributed by atoms with Crippen molar-refractivity contribution in [1.82, 2.24) is 0 Å². The van der Waals surface area contributed by atoms with Crippen molar-refractivity contribution in [3.8, 4) is 0 Å². The molecule has 2 aromatic carbocycles. The van der Waals surface area contributed by atoms with E-state index in [2.05, 4.69) is 0 Å². The van der Waals surface area contributed by atoms with E-state index in [1.807, 2.05) is 61.5 Å². The molecule has 0 amide bonds. The van der Waals surface area contributed by atoms with Crippen molar-refractivity contribution < 1.29 is 14.6 Å². The van der Waals surface area contributed by atoms with Gasteiger partial charge in [-0.15, -0.1) is 0 Å². The summed E-state index contributed by atoms with van der Waals surface area (Å²) in [6, 6.07) is 17.0. The van der Waals surface area contributed by atoms with E-state index in [-0.39, 0.29) is 0 Å². The van der Waals surface area contributed by atoms with Gasteiger partial charge in [0.15, 0.2) is 6.10 Å². The average molecular weight is 242 g/mol. The van der Waals surface area contributed by atoms with Crippen LogP contribution in [0.1, 0.15) is 22.8 Å². The number of aryl methyl sites for hydroxylation is 1. The first-order valence-electron chi connectivity index (χ1n) is 5.68. The molecule has 0 spiro atoms. The quantitative estimate of drug-likeness (QED) is 0.833. The molecule has 0 saturated heterocycles. The fraction of sp³-hybridized carbons (Fsp3) is 0.133. The summed E-state index contributed by atoms with van der Waals surface area (Å²) in [5.74, 6) is 0. The molecule has 18 heavy (non-hydrogen) atoms. The zero-order chi connectivity index (χ0) is 13.0. The summed E-state index contributed by atoms with van der Waals surface area (Å²) < 4.78 is 5.02. The predicted molar refractivity (Wildman–Crippen MR) is 68.6 cm³/mol. The minimum atomic E-state index is -1.27. The summed E-state index contributed by atoms with van der Waals surface area (Å²) in [7, 11) is 0. The first kappa shape index (κ1) is 12.2. The molecule has 0 fully saturated rings. The van der Waals surface area contributed by atoms with Gasteiger partial charge >= 0.3 is 6.16 Å². The van der Waals surface area contributed by atoms with Crippen LogP contribution in [0.4, 0.5) is 4.79 Å². The minimum absolute atomic E-state index is 0.579. The van der Waals surface area contributed by atoms with E-state index in [0.29, 0.717) is 0 Å². The maximum absolute atomic E-state index is 10.8. The molecule has 0 aromatic heterocycles. The van der Waals surface area contributed by atoms with Crippen LogP contribution in [-0.2, 0) is 4.74 Å². The van der Waals surface area contributed by atoms with E-state index < -0.39 is 12.3 Å². The second-order valence-electron chi connectivity index (χ2n) is 4.03. The number of carbonyl (C=O) groups is 1. The van der Waals surface area contributed by atoms with Crippen LogP contribution < -0.4 is 0 Å². The number of benzene rings is 2. The maximum atomic E-state index is 10.8. The number of ether oxygens (including phenoxy) is 1. The molecule has 3 heteroatoms. The van der Waals surface area contributed by atoms with Crippen molar-refractivity contribution in [1.29, 1.82) is 0 Å². The van der Waals surface area contributed by atoms with Gasteiger partial charge in [0.05, 0.1) is 0 Å². The molecule has 0 aliphatic carbocycles. The summed E-state index contributed by atoms with van der Waals surface area (Å²) in [6.07, 6.45) is -1.85. The van der Waals surface area contributed by atoms with Crippen LogP contribution in [0.3, 0.4) is 0 Å². The number of rotatable bonds is 3. The van der Waals surface area contributed by atoms with Crippen molar-refractivity contribution in [3.63, 3.8) is 0 Å². The SMILES string of the molecule is Cc1ccccc1C(OC(=O)O)c1ccccc1. The van der Waals surface area contributed by atoms with Crippen LogP contribution in [0.5, 0.6) is 0 Å². The van der Waals surface area contributed by atoms with Crippen LogP contribution >= 0.6 is 0 Å². The van der Waals surface area contributed by atoms with Crippen molar-refractivity contribution >= 4 is 6.16 Å². The van der Waals surface area contributed by atoms with Crippen LogP contribution in [0.15, 0.2) is 54.6 Å². The van der Waals surface area contributed by atoms with Gasteiger partial charge in [-0.1, -0.05) is 54.6 Å². The van der Waals surface area contributed by atoms with Crippen molar-refractivity contribution in [2.75, 3.05) is 0 Å². The molecule has 0 radical (unpaired) electrons. The first-order chi connectivity index (χ1) is 8.68. The molecule has 1 N–H and O–H groups in total.